The summed E-state index contributed by atoms with van der Waals surface area (Å²) < 4.78 is 28.5. The van der Waals surface area contributed by atoms with Gasteiger partial charge in [0.2, 0.25) is 11.9 Å². The van der Waals surface area contributed by atoms with Crippen LogP contribution in [-0.2, 0) is 9.84 Å². The van der Waals surface area contributed by atoms with E-state index in [-0.39, 0.29) is 29.7 Å². The van der Waals surface area contributed by atoms with Crippen LogP contribution in [0.4, 0.5) is 11.9 Å². The molecular weight excluding hydrogens is 294 g/mol. The molecule has 0 saturated carbocycles. The highest BCUT2D eigenvalue weighted by Crippen LogP contribution is 2.18. The highest BCUT2D eigenvalue weighted by molar-refractivity contribution is 7.91. The van der Waals surface area contributed by atoms with Crippen LogP contribution in [0.5, 0.6) is 6.01 Å². The summed E-state index contributed by atoms with van der Waals surface area (Å²) in [4.78, 5) is 12.6. The second-order valence-corrected chi connectivity index (χ2v) is 7.44. The summed E-state index contributed by atoms with van der Waals surface area (Å²) in [6.07, 6.45) is 0.506. The van der Waals surface area contributed by atoms with Gasteiger partial charge >= 0.3 is 6.01 Å². The number of nitrogens with zero attached hydrogens (tertiary/aromatic N) is 3. The van der Waals surface area contributed by atoms with Crippen LogP contribution in [-0.4, -0.2) is 53.6 Å². The van der Waals surface area contributed by atoms with Gasteiger partial charge in [0, 0.05) is 12.6 Å². The quantitative estimate of drug-likeness (QED) is 0.790. The van der Waals surface area contributed by atoms with Crippen molar-refractivity contribution < 1.29 is 13.2 Å². The molecule has 1 aromatic rings. The first-order chi connectivity index (χ1) is 9.88. The van der Waals surface area contributed by atoms with Gasteiger partial charge in [-0.1, -0.05) is 0 Å². The maximum Gasteiger partial charge on any atom is 0.323 e. The molecular formula is C12H21N5O3S. The number of hydrogen-bond donors (Lipinski definition) is 2. The molecule has 1 aliphatic rings. The van der Waals surface area contributed by atoms with E-state index in [1.807, 2.05) is 20.8 Å². The van der Waals surface area contributed by atoms with E-state index in [1.54, 1.807) is 0 Å². The summed E-state index contributed by atoms with van der Waals surface area (Å²) in [5.41, 5.74) is 0. The van der Waals surface area contributed by atoms with Crippen LogP contribution in [0.3, 0.4) is 0 Å². The highest BCUT2D eigenvalue weighted by Gasteiger charge is 2.28. The molecule has 1 unspecified atom stereocenters. The lowest BCUT2D eigenvalue weighted by molar-refractivity contribution is 0.222. The van der Waals surface area contributed by atoms with Gasteiger partial charge in [0.05, 0.1) is 17.6 Å². The van der Waals surface area contributed by atoms with E-state index in [4.69, 9.17) is 4.74 Å². The summed E-state index contributed by atoms with van der Waals surface area (Å²) in [6.45, 7) is 6.37. The van der Waals surface area contributed by atoms with Gasteiger partial charge in [0.1, 0.15) is 0 Å². The molecule has 2 rings (SSSR count). The van der Waals surface area contributed by atoms with Crippen molar-refractivity contribution in [1.29, 1.82) is 0 Å². The van der Waals surface area contributed by atoms with Crippen LogP contribution in [0.15, 0.2) is 0 Å². The van der Waals surface area contributed by atoms with Crippen LogP contribution < -0.4 is 15.4 Å². The maximum atomic E-state index is 11.5. The van der Waals surface area contributed by atoms with Crippen molar-refractivity contribution in [3.63, 3.8) is 0 Å². The zero-order valence-electron chi connectivity index (χ0n) is 12.5. The van der Waals surface area contributed by atoms with Gasteiger partial charge in [0.15, 0.2) is 9.84 Å². The van der Waals surface area contributed by atoms with Crippen LogP contribution in [0.2, 0.25) is 0 Å². The first-order valence-electron chi connectivity index (χ1n) is 7.01. The summed E-state index contributed by atoms with van der Waals surface area (Å²) in [5, 5.41) is 6.05. The topological polar surface area (TPSA) is 106 Å². The molecule has 118 valence electrons. The minimum Gasteiger partial charge on any atom is -0.461 e. The van der Waals surface area contributed by atoms with Gasteiger partial charge < -0.3 is 15.4 Å². The van der Waals surface area contributed by atoms with E-state index in [1.165, 1.54) is 0 Å². The molecule has 8 nitrogen and oxygen atoms in total. The van der Waals surface area contributed by atoms with Crippen molar-refractivity contribution in [2.75, 3.05) is 28.7 Å². The lowest BCUT2D eigenvalue weighted by atomic mass is 10.3. The molecule has 0 amide bonds. The SMILES string of the molecule is CCNc1nc(NC2CCS(=O)(=O)C2)nc(OC(C)C)n1. The molecule has 1 aliphatic heterocycles. The minimum absolute atomic E-state index is 0.0541. The number of anilines is 2. The van der Waals surface area contributed by atoms with Gasteiger partial charge in [-0.15, -0.1) is 0 Å². The Bertz CT molecular complexity index is 591. The number of nitrogens with one attached hydrogen (secondary N) is 2. The third-order valence-electron chi connectivity index (χ3n) is 2.86. The molecule has 0 aliphatic carbocycles. The Hall–Kier alpha value is -1.64. The summed E-state index contributed by atoms with van der Waals surface area (Å²) >= 11 is 0. The number of aromatic nitrogens is 3. The molecule has 2 heterocycles. The predicted molar refractivity (Wildman–Crippen MR) is 80.4 cm³/mol. The fourth-order valence-corrected chi connectivity index (χ4v) is 3.69. The van der Waals surface area contributed by atoms with Crippen molar-refractivity contribution in [3.8, 4) is 6.01 Å². The molecule has 21 heavy (non-hydrogen) atoms. The Morgan fingerprint density at radius 1 is 1.29 bits per heavy atom. The van der Waals surface area contributed by atoms with E-state index in [0.717, 1.165) is 0 Å². The molecule has 2 N–H and O–H groups in total. The Kier molecular flexibility index (Phi) is 4.81. The smallest absolute Gasteiger partial charge is 0.323 e. The van der Waals surface area contributed by atoms with Crippen molar-refractivity contribution in [1.82, 2.24) is 15.0 Å². The normalized spacial score (nSPS) is 20.5. The Morgan fingerprint density at radius 2 is 2.00 bits per heavy atom. The molecule has 0 aromatic carbocycles. The first kappa shape index (κ1) is 15.7. The van der Waals surface area contributed by atoms with Gasteiger partial charge in [0.25, 0.3) is 0 Å². The second-order valence-electron chi connectivity index (χ2n) is 5.21. The average molecular weight is 315 g/mol. The van der Waals surface area contributed by atoms with Gasteiger partial charge in [-0.05, 0) is 27.2 Å². The van der Waals surface area contributed by atoms with E-state index in [9.17, 15) is 8.42 Å². The number of ether oxygens (including phenoxy) is 1. The predicted octanol–water partition coefficient (Wildman–Crippen LogP) is 0.690. The van der Waals surface area contributed by atoms with E-state index < -0.39 is 9.84 Å². The zero-order valence-corrected chi connectivity index (χ0v) is 13.3. The molecule has 1 saturated heterocycles. The molecule has 0 spiro atoms. The van der Waals surface area contributed by atoms with Crippen LogP contribution in [0.1, 0.15) is 27.2 Å². The lowest BCUT2D eigenvalue weighted by Gasteiger charge is -2.14. The fraction of sp³-hybridized carbons (Fsp3) is 0.750. The van der Waals surface area contributed by atoms with Gasteiger partial charge in [-0.25, -0.2) is 8.42 Å². The molecule has 0 bridgehead atoms. The monoisotopic (exact) mass is 315 g/mol. The molecule has 9 heteroatoms. The van der Waals surface area contributed by atoms with E-state index in [0.29, 0.717) is 24.9 Å². The third-order valence-corrected chi connectivity index (χ3v) is 4.62. The highest BCUT2D eigenvalue weighted by atomic mass is 32.2. The molecule has 0 radical (unpaired) electrons. The summed E-state index contributed by atoms with van der Waals surface area (Å²) in [7, 11) is -2.95. The first-order valence-corrected chi connectivity index (χ1v) is 8.83. The van der Waals surface area contributed by atoms with Crippen molar-refractivity contribution in [2.45, 2.75) is 39.3 Å². The van der Waals surface area contributed by atoms with Crippen LogP contribution in [0, 0.1) is 0 Å². The zero-order chi connectivity index (χ0) is 15.5. The summed E-state index contributed by atoms with van der Waals surface area (Å²) in [5.74, 6) is 1.05. The third kappa shape index (κ3) is 4.69. The fourth-order valence-electron chi connectivity index (χ4n) is 2.01. The van der Waals surface area contributed by atoms with Gasteiger partial charge in [-0.3, -0.25) is 0 Å². The molecule has 1 aromatic heterocycles. The number of hydrogen-bond acceptors (Lipinski definition) is 8. The minimum atomic E-state index is -2.95. The van der Waals surface area contributed by atoms with Crippen molar-refractivity contribution in [3.05, 3.63) is 0 Å². The van der Waals surface area contributed by atoms with Crippen molar-refractivity contribution >= 4 is 21.7 Å². The Labute approximate surface area is 124 Å². The lowest BCUT2D eigenvalue weighted by Crippen LogP contribution is -2.23. The standard InChI is InChI=1S/C12H21N5O3S/c1-4-13-10-15-11(17-12(16-10)20-8(2)3)14-9-5-6-21(18,19)7-9/h8-9H,4-7H2,1-3H3,(H2,13,14,15,16,17). The molecule has 1 atom stereocenters. The summed E-state index contributed by atoms with van der Waals surface area (Å²) in [6, 6.07) is 0.0538. The second kappa shape index (κ2) is 6.42. The Morgan fingerprint density at radius 3 is 2.57 bits per heavy atom. The number of sulfone groups is 1. The largest absolute Gasteiger partial charge is 0.461 e. The maximum absolute atomic E-state index is 11.5. The Balaban J connectivity index is 2.15. The van der Waals surface area contributed by atoms with E-state index >= 15 is 0 Å². The van der Waals surface area contributed by atoms with Gasteiger partial charge in [-0.2, -0.15) is 15.0 Å². The van der Waals surface area contributed by atoms with Crippen LogP contribution in [0.25, 0.3) is 0 Å². The number of rotatable bonds is 6. The molecule has 1 fully saturated rings. The van der Waals surface area contributed by atoms with Crippen molar-refractivity contribution in [2.24, 2.45) is 0 Å². The van der Waals surface area contributed by atoms with Crippen LogP contribution >= 0.6 is 0 Å². The average Bonchev–Trinajstić information content (AvgIpc) is 2.67. The van der Waals surface area contributed by atoms with E-state index in [2.05, 4.69) is 25.6 Å².